The summed E-state index contributed by atoms with van der Waals surface area (Å²) >= 11 is 6.11. The Labute approximate surface area is 165 Å². The summed E-state index contributed by atoms with van der Waals surface area (Å²) in [6, 6.07) is 7.23. The Hall–Kier alpha value is -3.33. The number of carboxylic acids is 1. The number of ether oxygens (including phenoxy) is 1. The molecule has 0 saturated carbocycles. The number of methoxy groups -OCH3 is 1. The molecule has 3 aromatic rings. The molecule has 0 saturated heterocycles. The molecular formula is C18H19ClN4O5. The number of hydrogen-bond donors (Lipinski definition) is 3. The number of carboxylic acid groups (broad SMARTS) is 2. The van der Waals surface area contributed by atoms with Gasteiger partial charge in [0.2, 0.25) is 5.88 Å². The molecule has 3 aromatic heterocycles. The number of rotatable bonds is 7. The van der Waals surface area contributed by atoms with Crippen LogP contribution in [0.15, 0.2) is 36.7 Å². The van der Waals surface area contributed by atoms with Crippen LogP contribution >= 0.6 is 11.6 Å². The number of nitrogens with one attached hydrogen (secondary N) is 1. The third-order valence-electron chi connectivity index (χ3n) is 3.66. The highest BCUT2D eigenvalue weighted by atomic mass is 35.5. The molecule has 0 amide bonds. The normalized spacial score (nSPS) is 10.1. The molecule has 0 aliphatic rings. The van der Waals surface area contributed by atoms with Crippen LogP contribution in [-0.4, -0.2) is 50.7 Å². The molecule has 3 N–H and O–H groups in total. The van der Waals surface area contributed by atoms with Gasteiger partial charge in [0.1, 0.15) is 17.2 Å². The van der Waals surface area contributed by atoms with Crippen molar-refractivity contribution >= 4 is 35.5 Å². The number of halogens is 1. The van der Waals surface area contributed by atoms with Gasteiger partial charge in [-0.3, -0.25) is 14.0 Å². The fourth-order valence-corrected chi connectivity index (χ4v) is 2.64. The molecule has 0 bridgehead atoms. The van der Waals surface area contributed by atoms with Crippen LogP contribution in [0.2, 0.25) is 5.02 Å². The SMILES string of the molecule is COc1ccc(-c2nc3ccc(Cl)cn3c2NCCCC(=O)O)cn1.O=CO. The van der Waals surface area contributed by atoms with Gasteiger partial charge in [-0.15, -0.1) is 0 Å². The number of anilines is 1. The zero-order chi connectivity index (χ0) is 20.5. The lowest BCUT2D eigenvalue weighted by Crippen LogP contribution is -2.07. The monoisotopic (exact) mass is 406 g/mol. The largest absolute Gasteiger partial charge is 0.483 e. The summed E-state index contributed by atoms with van der Waals surface area (Å²) in [7, 11) is 1.56. The molecule has 3 rings (SSSR count). The van der Waals surface area contributed by atoms with E-state index in [4.69, 9.17) is 31.3 Å². The van der Waals surface area contributed by atoms with Crippen molar-refractivity contribution < 1.29 is 24.5 Å². The minimum Gasteiger partial charge on any atom is -0.483 e. The zero-order valence-electron chi connectivity index (χ0n) is 15.0. The van der Waals surface area contributed by atoms with E-state index >= 15 is 0 Å². The van der Waals surface area contributed by atoms with Crippen LogP contribution < -0.4 is 10.1 Å². The molecule has 28 heavy (non-hydrogen) atoms. The molecule has 0 fully saturated rings. The number of aromatic nitrogens is 3. The van der Waals surface area contributed by atoms with Crippen molar-refractivity contribution in [3.05, 3.63) is 41.7 Å². The third-order valence-corrected chi connectivity index (χ3v) is 3.88. The third kappa shape index (κ3) is 5.34. The van der Waals surface area contributed by atoms with Crippen LogP contribution in [0.3, 0.4) is 0 Å². The van der Waals surface area contributed by atoms with Crippen molar-refractivity contribution in [3.63, 3.8) is 0 Å². The van der Waals surface area contributed by atoms with Crippen LogP contribution in [0.1, 0.15) is 12.8 Å². The van der Waals surface area contributed by atoms with E-state index in [1.54, 1.807) is 31.6 Å². The lowest BCUT2D eigenvalue weighted by atomic mass is 10.2. The van der Waals surface area contributed by atoms with Crippen LogP contribution in [-0.2, 0) is 9.59 Å². The highest BCUT2D eigenvalue weighted by Crippen LogP contribution is 2.30. The van der Waals surface area contributed by atoms with Crippen molar-refractivity contribution in [2.24, 2.45) is 0 Å². The average molecular weight is 407 g/mol. The van der Waals surface area contributed by atoms with E-state index in [1.165, 1.54) is 0 Å². The Kier molecular flexibility index (Phi) is 7.58. The minimum absolute atomic E-state index is 0.101. The molecule has 0 atom stereocenters. The molecule has 0 spiro atoms. The average Bonchev–Trinajstić information content (AvgIpc) is 3.03. The van der Waals surface area contributed by atoms with E-state index < -0.39 is 5.97 Å². The predicted molar refractivity (Wildman–Crippen MR) is 104 cm³/mol. The Morgan fingerprint density at radius 1 is 1.36 bits per heavy atom. The van der Waals surface area contributed by atoms with Crippen molar-refractivity contribution in [3.8, 4) is 17.1 Å². The molecule has 9 nitrogen and oxygen atoms in total. The first kappa shape index (κ1) is 21.0. The van der Waals surface area contributed by atoms with Crippen LogP contribution in [0.4, 0.5) is 5.82 Å². The first-order valence-electron chi connectivity index (χ1n) is 8.21. The van der Waals surface area contributed by atoms with Gasteiger partial charge < -0.3 is 20.3 Å². The lowest BCUT2D eigenvalue weighted by Gasteiger charge is -2.08. The summed E-state index contributed by atoms with van der Waals surface area (Å²) in [5.41, 5.74) is 2.27. The highest BCUT2D eigenvalue weighted by molar-refractivity contribution is 6.30. The molecule has 0 aliphatic heterocycles. The van der Waals surface area contributed by atoms with Crippen molar-refractivity contribution in [2.45, 2.75) is 12.8 Å². The number of aliphatic carboxylic acids is 1. The Balaban J connectivity index is 0.000000878. The molecule has 148 valence electrons. The summed E-state index contributed by atoms with van der Waals surface area (Å²) in [4.78, 5) is 27.9. The second kappa shape index (κ2) is 10.1. The van der Waals surface area contributed by atoms with E-state index in [2.05, 4.69) is 15.3 Å². The van der Waals surface area contributed by atoms with E-state index in [-0.39, 0.29) is 12.9 Å². The fourth-order valence-electron chi connectivity index (χ4n) is 2.48. The Morgan fingerprint density at radius 2 is 2.11 bits per heavy atom. The van der Waals surface area contributed by atoms with Gasteiger partial charge >= 0.3 is 5.97 Å². The predicted octanol–water partition coefficient (Wildman–Crippen LogP) is 3.04. The number of hydrogen-bond acceptors (Lipinski definition) is 6. The summed E-state index contributed by atoms with van der Waals surface area (Å²) < 4.78 is 6.94. The number of imidazole rings is 1. The highest BCUT2D eigenvalue weighted by Gasteiger charge is 2.15. The Morgan fingerprint density at radius 3 is 2.71 bits per heavy atom. The van der Waals surface area contributed by atoms with E-state index in [0.29, 0.717) is 29.6 Å². The van der Waals surface area contributed by atoms with Gasteiger partial charge in [-0.25, -0.2) is 9.97 Å². The maximum Gasteiger partial charge on any atom is 0.303 e. The minimum atomic E-state index is -0.817. The molecule has 0 aliphatic carbocycles. The van der Waals surface area contributed by atoms with Gasteiger partial charge in [-0.1, -0.05) is 11.6 Å². The summed E-state index contributed by atoms with van der Waals surface area (Å²) in [5.74, 6) is 0.448. The van der Waals surface area contributed by atoms with Gasteiger partial charge in [0.15, 0.2) is 0 Å². The number of carbonyl (C=O) groups is 2. The van der Waals surface area contributed by atoms with Crippen molar-refractivity contribution in [2.75, 3.05) is 19.0 Å². The Bertz CT molecular complexity index is 943. The van der Waals surface area contributed by atoms with Crippen LogP contribution in [0.5, 0.6) is 5.88 Å². The molecule has 0 unspecified atom stereocenters. The smallest absolute Gasteiger partial charge is 0.303 e. The number of nitrogens with zero attached hydrogens (tertiary/aromatic N) is 3. The van der Waals surface area contributed by atoms with Gasteiger partial charge in [-0.05, 0) is 24.6 Å². The van der Waals surface area contributed by atoms with Gasteiger partial charge in [0.05, 0.1) is 12.1 Å². The topological polar surface area (TPSA) is 126 Å². The van der Waals surface area contributed by atoms with Crippen LogP contribution in [0.25, 0.3) is 16.9 Å². The molecular weight excluding hydrogens is 388 g/mol. The number of fused-ring (bicyclic) bond motifs is 1. The molecule has 0 radical (unpaired) electrons. The first-order chi connectivity index (χ1) is 13.5. The first-order valence-corrected chi connectivity index (χ1v) is 8.59. The fraction of sp³-hybridized carbons (Fsp3) is 0.222. The van der Waals surface area contributed by atoms with Gasteiger partial charge in [0, 0.05) is 37.0 Å². The van der Waals surface area contributed by atoms with Crippen molar-refractivity contribution in [1.29, 1.82) is 0 Å². The van der Waals surface area contributed by atoms with E-state index in [1.807, 2.05) is 16.5 Å². The second-order valence-electron chi connectivity index (χ2n) is 5.50. The summed E-state index contributed by atoms with van der Waals surface area (Å²) in [5, 5.41) is 19.5. The quantitative estimate of drug-likeness (QED) is 0.403. The summed E-state index contributed by atoms with van der Waals surface area (Å²) in [6.07, 6.45) is 4.06. The summed E-state index contributed by atoms with van der Waals surface area (Å²) in [6.45, 7) is 0.253. The molecule has 0 aromatic carbocycles. The molecule has 10 heteroatoms. The van der Waals surface area contributed by atoms with E-state index in [0.717, 1.165) is 17.0 Å². The number of pyridine rings is 2. The van der Waals surface area contributed by atoms with Gasteiger partial charge in [0.25, 0.3) is 6.47 Å². The molecule has 3 heterocycles. The second-order valence-corrected chi connectivity index (χ2v) is 5.94. The maximum absolute atomic E-state index is 10.7. The lowest BCUT2D eigenvalue weighted by molar-refractivity contribution is -0.137. The van der Waals surface area contributed by atoms with Crippen molar-refractivity contribution in [1.82, 2.24) is 14.4 Å². The van der Waals surface area contributed by atoms with Crippen LogP contribution in [0, 0.1) is 0 Å². The van der Waals surface area contributed by atoms with E-state index in [9.17, 15) is 4.79 Å². The maximum atomic E-state index is 10.7. The van der Waals surface area contributed by atoms with Gasteiger partial charge in [-0.2, -0.15) is 0 Å². The zero-order valence-corrected chi connectivity index (χ0v) is 15.8. The standard InChI is InChI=1S/C17H17ClN4O3.CH2O2/c1-25-14-7-4-11(9-20-14)16-17(19-8-2-3-15(23)24)22-10-12(18)5-6-13(22)21-16;2-1-3/h4-7,9-10,19H,2-3,8H2,1H3,(H,23,24);1H,(H,2,3).